The van der Waals surface area contributed by atoms with E-state index in [2.05, 4.69) is 85.1 Å². The van der Waals surface area contributed by atoms with Crippen LogP contribution in [0, 0.1) is 0 Å². The molecule has 0 saturated carbocycles. The number of guanidine groups is 1. The summed E-state index contributed by atoms with van der Waals surface area (Å²) in [6.07, 6.45) is 0. The lowest BCUT2D eigenvalue weighted by Gasteiger charge is -2.12. The maximum atomic E-state index is 4.72. The van der Waals surface area contributed by atoms with Gasteiger partial charge in [0.1, 0.15) is 0 Å². The quantitative estimate of drug-likeness (QED) is 0.179. The van der Waals surface area contributed by atoms with Crippen molar-refractivity contribution in [1.29, 1.82) is 0 Å². The first-order valence-electron chi connectivity index (χ1n) is 9.10. The first-order valence-corrected chi connectivity index (χ1v) is 10.1. The molecule has 4 nitrogen and oxygen atoms in total. The van der Waals surface area contributed by atoms with Crippen molar-refractivity contribution in [1.82, 2.24) is 15.5 Å². The Hall–Kier alpha value is -1.25. The molecular weight excluding hydrogens is 467 g/mol. The van der Waals surface area contributed by atoms with Crippen molar-refractivity contribution in [3.63, 3.8) is 0 Å². The van der Waals surface area contributed by atoms with Crippen molar-refractivity contribution in [2.75, 3.05) is 32.9 Å². The average molecular weight is 498 g/mol. The lowest BCUT2D eigenvalue weighted by Crippen LogP contribution is -2.38. The number of thioether (sulfide) groups is 1. The minimum Gasteiger partial charge on any atom is -0.357 e. The highest BCUT2D eigenvalue weighted by molar-refractivity contribution is 14.0. The summed E-state index contributed by atoms with van der Waals surface area (Å²) in [5, 5.41) is 6.74. The lowest BCUT2D eigenvalue weighted by atomic mass is 10.1. The van der Waals surface area contributed by atoms with Gasteiger partial charge in [0.25, 0.3) is 0 Å². The second-order valence-corrected chi connectivity index (χ2v) is 7.51. The molecule has 27 heavy (non-hydrogen) atoms. The Kier molecular flexibility index (Phi) is 12.2. The molecule has 6 heteroatoms. The van der Waals surface area contributed by atoms with E-state index in [1.165, 1.54) is 16.0 Å². The van der Waals surface area contributed by atoms with Crippen LogP contribution in [0.25, 0.3) is 0 Å². The zero-order valence-electron chi connectivity index (χ0n) is 16.4. The second kappa shape index (κ2) is 13.8. The van der Waals surface area contributed by atoms with Gasteiger partial charge in [0.15, 0.2) is 5.96 Å². The summed E-state index contributed by atoms with van der Waals surface area (Å²) in [5.74, 6) is 1.88. The fourth-order valence-corrected chi connectivity index (χ4v) is 3.35. The van der Waals surface area contributed by atoms with E-state index in [0.717, 1.165) is 31.3 Å². The van der Waals surface area contributed by atoms with Gasteiger partial charge >= 0.3 is 0 Å². The van der Waals surface area contributed by atoms with Crippen LogP contribution in [0.1, 0.15) is 18.1 Å². The summed E-state index contributed by atoms with van der Waals surface area (Å²) < 4.78 is 0. The van der Waals surface area contributed by atoms with Gasteiger partial charge in [-0.15, -0.1) is 35.7 Å². The predicted molar refractivity (Wildman–Crippen MR) is 129 cm³/mol. The number of nitrogens with zero attached hydrogens (tertiary/aromatic N) is 2. The third-order valence-corrected chi connectivity index (χ3v) is 4.67. The smallest absolute Gasteiger partial charge is 0.191 e. The molecule has 2 N–H and O–H groups in total. The molecular formula is C21H31IN4S. The molecule has 0 atom stereocenters. The van der Waals surface area contributed by atoms with Crippen molar-refractivity contribution in [2.45, 2.75) is 24.9 Å². The summed E-state index contributed by atoms with van der Waals surface area (Å²) >= 11 is 1.85. The summed E-state index contributed by atoms with van der Waals surface area (Å²) in [6.45, 7) is 5.47. The van der Waals surface area contributed by atoms with Crippen LogP contribution >= 0.6 is 35.7 Å². The number of nitrogens with one attached hydrogen (secondary N) is 2. The van der Waals surface area contributed by atoms with E-state index in [0.29, 0.717) is 6.54 Å². The Morgan fingerprint density at radius 2 is 1.74 bits per heavy atom. The maximum Gasteiger partial charge on any atom is 0.191 e. The first-order chi connectivity index (χ1) is 12.7. The van der Waals surface area contributed by atoms with Crippen molar-refractivity contribution in [3.05, 3.63) is 65.7 Å². The van der Waals surface area contributed by atoms with E-state index in [4.69, 9.17) is 4.99 Å². The number of aliphatic imine (C=N–C) groups is 1. The molecule has 0 aromatic heterocycles. The zero-order valence-corrected chi connectivity index (χ0v) is 19.6. The van der Waals surface area contributed by atoms with Gasteiger partial charge in [-0.05, 0) is 44.3 Å². The average Bonchev–Trinajstić information content (AvgIpc) is 2.64. The summed E-state index contributed by atoms with van der Waals surface area (Å²) in [7, 11) is 4.18. The molecule has 2 aromatic carbocycles. The molecule has 0 saturated heterocycles. The topological polar surface area (TPSA) is 39.7 Å². The molecule has 0 fully saturated rings. The SMILES string of the molecule is CCNC(=NCc1cccc(CN(C)C)c1)NCCSc1ccccc1.I. The van der Waals surface area contributed by atoms with E-state index in [9.17, 15) is 0 Å². The molecule has 0 aliphatic rings. The minimum atomic E-state index is 0. The highest BCUT2D eigenvalue weighted by Gasteiger charge is 2.00. The Balaban J connectivity index is 0.00000364. The summed E-state index contributed by atoms with van der Waals surface area (Å²) in [5.41, 5.74) is 2.56. The van der Waals surface area contributed by atoms with E-state index >= 15 is 0 Å². The largest absolute Gasteiger partial charge is 0.357 e. The van der Waals surface area contributed by atoms with Gasteiger partial charge < -0.3 is 15.5 Å². The fourth-order valence-electron chi connectivity index (χ4n) is 2.56. The Labute approximate surface area is 185 Å². The first kappa shape index (κ1) is 23.8. The standard InChI is InChI=1S/C21H30N4S.HI/c1-4-22-21(23-13-14-26-20-11-6-5-7-12-20)24-16-18-9-8-10-19(15-18)17-25(2)3;/h5-12,15H,4,13-14,16-17H2,1-3H3,(H2,22,23,24);1H. The van der Waals surface area contributed by atoms with Crippen molar-refractivity contribution >= 4 is 41.7 Å². The molecule has 0 bridgehead atoms. The molecule has 0 aliphatic carbocycles. The van der Waals surface area contributed by atoms with Crippen LogP contribution in [0.2, 0.25) is 0 Å². The van der Waals surface area contributed by atoms with Crippen LogP contribution in [-0.4, -0.2) is 43.8 Å². The van der Waals surface area contributed by atoms with E-state index in [1.54, 1.807) is 0 Å². The van der Waals surface area contributed by atoms with Crippen LogP contribution in [0.4, 0.5) is 0 Å². The van der Waals surface area contributed by atoms with E-state index < -0.39 is 0 Å². The summed E-state index contributed by atoms with van der Waals surface area (Å²) in [4.78, 5) is 8.20. The monoisotopic (exact) mass is 498 g/mol. The highest BCUT2D eigenvalue weighted by Crippen LogP contribution is 2.15. The summed E-state index contributed by atoms with van der Waals surface area (Å²) in [6, 6.07) is 19.1. The number of halogens is 1. The molecule has 2 aromatic rings. The van der Waals surface area contributed by atoms with Crippen LogP contribution in [0.3, 0.4) is 0 Å². The van der Waals surface area contributed by atoms with Crippen molar-refractivity contribution in [2.24, 2.45) is 4.99 Å². The maximum absolute atomic E-state index is 4.72. The molecule has 0 radical (unpaired) electrons. The van der Waals surface area contributed by atoms with Gasteiger partial charge in [-0.25, -0.2) is 4.99 Å². The van der Waals surface area contributed by atoms with E-state index in [-0.39, 0.29) is 24.0 Å². The predicted octanol–water partition coefficient (Wildman–Crippen LogP) is 4.21. The minimum absolute atomic E-state index is 0. The van der Waals surface area contributed by atoms with Crippen LogP contribution in [-0.2, 0) is 13.1 Å². The molecule has 0 unspecified atom stereocenters. The fraction of sp³-hybridized carbons (Fsp3) is 0.381. The normalized spacial score (nSPS) is 11.2. The molecule has 0 amide bonds. The van der Waals surface area contributed by atoms with Crippen molar-refractivity contribution in [3.8, 4) is 0 Å². The van der Waals surface area contributed by atoms with Crippen LogP contribution in [0.15, 0.2) is 64.5 Å². The van der Waals surface area contributed by atoms with Crippen LogP contribution < -0.4 is 10.6 Å². The number of hydrogen-bond donors (Lipinski definition) is 2. The van der Waals surface area contributed by atoms with Gasteiger partial charge in [-0.1, -0.05) is 42.5 Å². The zero-order chi connectivity index (χ0) is 18.6. The Bertz CT molecular complexity index is 677. The molecule has 2 rings (SSSR count). The van der Waals surface area contributed by atoms with Gasteiger partial charge in [0, 0.05) is 30.3 Å². The molecule has 148 valence electrons. The third kappa shape index (κ3) is 10.0. The Morgan fingerprint density at radius 3 is 2.44 bits per heavy atom. The number of hydrogen-bond acceptors (Lipinski definition) is 3. The van der Waals surface area contributed by atoms with Gasteiger partial charge in [-0.3, -0.25) is 0 Å². The van der Waals surface area contributed by atoms with Gasteiger partial charge in [0.2, 0.25) is 0 Å². The lowest BCUT2D eigenvalue weighted by molar-refractivity contribution is 0.402. The van der Waals surface area contributed by atoms with Gasteiger partial charge in [-0.2, -0.15) is 0 Å². The number of rotatable bonds is 9. The molecule has 0 spiro atoms. The second-order valence-electron chi connectivity index (χ2n) is 6.34. The third-order valence-electron chi connectivity index (χ3n) is 3.66. The van der Waals surface area contributed by atoms with Gasteiger partial charge in [0.05, 0.1) is 6.54 Å². The Morgan fingerprint density at radius 1 is 1.00 bits per heavy atom. The molecule has 0 heterocycles. The van der Waals surface area contributed by atoms with E-state index in [1.807, 2.05) is 17.8 Å². The molecule has 0 aliphatic heterocycles. The number of benzene rings is 2. The van der Waals surface area contributed by atoms with Crippen molar-refractivity contribution < 1.29 is 0 Å². The highest BCUT2D eigenvalue weighted by atomic mass is 127. The van der Waals surface area contributed by atoms with Crippen LogP contribution in [0.5, 0.6) is 0 Å².